The number of halogens is 3. The molecule has 0 aliphatic heterocycles. The molecule has 0 saturated carbocycles. The van der Waals surface area contributed by atoms with Crippen LogP contribution in [0.5, 0.6) is 0 Å². The van der Waals surface area contributed by atoms with Crippen LogP contribution in [0.4, 0.5) is 0 Å². The monoisotopic (exact) mass is 300 g/mol. The van der Waals surface area contributed by atoms with Crippen LogP contribution in [0.1, 0.15) is 58.8 Å². The van der Waals surface area contributed by atoms with Gasteiger partial charge in [-0.25, -0.2) is 0 Å². The van der Waals surface area contributed by atoms with E-state index in [4.69, 9.17) is 33.2 Å². The molecule has 0 aliphatic rings. The summed E-state index contributed by atoms with van der Waals surface area (Å²) in [4.78, 5) is 0. The lowest BCUT2D eigenvalue weighted by atomic mass is 10.0. The van der Waals surface area contributed by atoms with Crippen molar-refractivity contribution in [3.63, 3.8) is 0 Å². The zero-order chi connectivity index (χ0) is 12.6. The topological polar surface area (TPSA) is 0 Å². The van der Waals surface area contributed by atoms with Crippen molar-refractivity contribution in [3.8, 4) is 0 Å². The van der Waals surface area contributed by atoms with Gasteiger partial charge >= 0.3 is 6.00 Å². The van der Waals surface area contributed by atoms with Gasteiger partial charge in [0, 0.05) is 5.54 Å². The molecule has 0 rings (SSSR count). The fourth-order valence-corrected chi connectivity index (χ4v) is 5.29. The largest absolute Gasteiger partial charge is 0.348 e. The van der Waals surface area contributed by atoms with E-state index < -0.39 is 6.00 Å². The molecule has 4 heteroatoms. The van der Waals surface area contributed by atoms with Gasteiger partial charge in [0.25, 0.3) is 0 Å². The third-order valence-corrected chi connectivity index (χ3v) is 6.69. The molecule has 0 aliphatic carbocycles. The van der Waals surface area contributed by atoms with Crippen molar-refractivity contribution < 1.29 is 0 Å². The Balaban J connectivity index is 4.22. The summed E-state index contributed by atoms with van der Waals surface area (Å²) < 4.78 is 0. The summed E-state index contributed by atoms with van der Waals surface area (Å²) in [5.74, 6) is 0. The number of rotatable bonds is 9. The smallest absolute Gasteiger partial charge is 0.125 e. The van der Waals surface area contributed by atoms with E-state index in [0.29, 0.717) is 0 Å². The summed E-state index contributed by atoms with van der Waals surface area (Å²) in [5.41, 5.74) is 1.31. The molecule has 0 aromatic carbocycles. The summed E-state index contributed by atoms with van der Waals surface area (Å²) in [5, 5.41) is 0. The number of allylic oxidation sites excluding steroid dienone is 1. The summed E-state index contributed by atoms with van der Waals surface area (Å²) in [6, 6.07) is -2.63. The summed E-state index contributed by atoms with van der Waals surface area (Å²) in [6.07, 6.45) is 7.91. The zero-order valence-corrected chi connectivity index (χ0v) is 13.6. The number of hydrogen-bond acceptors (Lipinski definition) is 0. The highest BCUT2D eigenvalue weighted by molar-refractivity contribution is 7.65. The summed E-state index contributed by atoms with van der Waals surface area (Å²) in [7, 11) is 0. The maximum absolute atomic E-state index is 6.15. The Bertz CT molecular complexity index is 199. The Morgan fingerprint density at radius 2 is 1.62 bits per heavy atom. The van der Waals surface area contributed by atoms with Crippen LogP contribution in [-0.4, -0.2) is 6.00 Å². The molecule has 16 heavy (non-hydrogen) atoms. The first-order valence-corrected chi connectivity index (χ1v) is 11.3. The van der Waals surface area contributed by atoms with Gasteiger partial charge in [0.05, 0.1) is 0 Å². The van der Waals surface area contributed by atoms with Crippen molar-refractivity contribution in [2.75, 3.05) is 0 Å². The maximum Gasteiger partial charge on any atom is 0.348 e. The molecule has 0 heterocycles. The van der Waals surface area contributed by atoms with Crippen LogP contribution in [0.15, 0.2) is 12.2 Å². The van der Waals surface area contributed by atoms with E-state index >= 15 is 0 Å². The molecule has 0 N–H and O–H groups in total. The first-order chi connectivity index (χ1) is 7.43. The summed E-state index contributed by atoms with van der Waals surface area (Å²) in [6.45, 7) is 8.49. The van der Waals surface area contributed by atoms with Crippen LogP contribution >= 0.6 is 33.2 Å². The minimum Gasteiger partial charge on any atom is -0.125 e. The maximum atomic E-state index is 6.15. The third kappa shape index (κ3) is 7.21. The van der Waals surface area contributed by atoms with Gasteiger partial charge in [-0.15, -0.1) is 33.2 Å². The van der Waals surface area contributed by atoms with Crippen molar-refractivity contribution in [1.82, 2.24) is 0 Å². The molecule has 0 bridgehead atoms. The molecule has 0 radical (unpaired) electrons. The average molecular weight is 302 g/mol. The van der Waals surface area contributed by atoms with Gasteiger partial charge < -0.3 is 0 Å². The van der Waals surface area contributed by atoms with Gasteiger partial charge in [-0.05, 0) is 19.3 Å². The Labute approximate surface area is 115 Å². The van der Waals surface area contributed by atoms with Crippen molar-refractivity contribution in [1.29, 1.82) is 0 Å². The standard InChI is InChI=1S/C12H23Cl3Si/c1-4-6-8-9-11(3)12(10-7-5-2)16(13,14)15/h12H,3-10H2,1-2H3. The van der Waals surface area contributed by atoms with Gasteiger partial charge in [-0.2, -0.15) is 0 Å². The molecule has 0 nitrogen and oxygen atoms in total. The van der Waals surface area contributed by atoms with Gasteiger partial charge in [0.2, 0.25) is 0 Å². The summed E-state index contributed by atoms with van der Waals surface area (Å²) >= 11 is 18.5. The molecule has 0 fully saturated rings. The Kier molecular flexibility index (Phi) is 9.31. The lowest BCUT2D eigenvalue weighted by Crippen LogP contribution is -2.21. The van der Waals surface area contributed by atoms with Gasteiger partial charge in [-0.3, -0.25) is 0 Å². The predicted octanol–water partition coefficient (Wildman–Crippen LogP) is 6.34. The highest BCUT2D eigenvalue weighted by Gasteiger charge is 2.37. The molecule has 0 aromatic heterocycles. The van der Waals surface area contributed by atoms with Crippen LogP contribution in [0.25, 0.3) is 0 Å². The second-order valence-corrected chi connectivity index (χ2v) is 13.2. The average Bonchev–Trinajstić information content (AvgIpc) is 2.16. The van der Waals surface area contributed by atoms with Crippen LogP contribution in [0, 0.1) is 0 Å². The van der Waals surface area contributed by atoms with Crippen LogP contribution in [0.3, 0.4) is 0 Å². The van der Waals surface area contributed by atoms with Crippen molar-refractivity contribution in [3.05, 3.63) is 12.2 Å². The molecule has 1 unspecified atom stereocenters. The highest BCUT2D eigenvalue weighted by atomic mass is 35.8. The first-order valence-electron chi connectivity index (χ1n) is 6.17. The van der Waals surface area contributed by atoms with Gasteiger partial charge in [0.1, 0.15) is 0 Å². The quantitative estimate of drug-likeness (QED) is 0.202. The minimum absolute atomic E-state index is 0.148. The van der Waals surface area contributed by atoms with Crippen molar-refractivity contribution in [2.24, 2.45) is 0 Å². The molecule has 1 atom stereocenters. The fraction of sp³-hybridized carbons (Fsp3) is 0.833. The van der Waals surface area contributed by atoms with Crippen molar-refractivity contribution in [2.45, 2.75) is 64.3 Å². The Morgan fingerprint density at radius 3 is 2.06 bits per heavy atom. The molecular formula is C12H23Cl3Si. The van der Waals surface area contributed by atoms with Crippen LogP contribution in [0.2, 0.25) is 5.54 Å². The minimum atomic E-state index is -2.63. The number of hydrogen-bond donors (Lipinski definition) is 0. The van der Waals surface area contributed by atoms with Gasteiger partial charge in [0.15, 0.2) is 0 Å². The Hall–Kier alpha value is 0.827. The van der Waals surface area contributed by atoms with E-state index in [1.54, 1.807) is 0 Å². The van der Waals surface area contributed by atoms with E-state index in [2.05, 4.69) is 20.4 Å². The Morgan fingerprint density at radius 1 is 1.06 bits per heavy atom. The fourth-order valence-electron chi connectivity index (χ4n) is 1.78. The van der Waals surface area contributed by atoms with E-state index in [-0.39, 0.29) is 5.54 Å². The number of unbranched alkanes of at least 4 members (excludes halogenated alkanes) is 3. The van der Waals surface area contributed by atoms with E-state index in [1.165, 1.54) is 19.3 Å². The van der Waals surface area contributed by atoms with Crippen LogP contribution in [-0.2, 0) is 0 Å². The first kappa shape index (κ1) is 16.8. The highest BCUT2D eigenvalue weighted by Crippen LogP contribution is 2.43. The second-order valence-electron chi connectivity index (χ2n) is 4.35. The van der Waals surface area contributed by atoms with Gasteiger partial charge in [-0.1, -0.05) is 51.7 Å². The van der Waals surface area contributed by atoms with Crippen molar-refractivity contribution >= 4 is 39.2 Å². The van der Waals surface area contributed by atoms with E-state index in [0.717, 1.165) is 31.3 Å². The lowest BCUT2D eigenvalue weighted by Gasteiger charge is -2.24. The van der Waals surface area contributed by atoms with E-state index in [1.807, 2.05) is 0 Å². The van der Waals surface area contributed by atoms with Crippen LogP contribution < -0.4 is 0 Å². The molecule has 0 amide bonds. The lowest BCUT2D eigenvalue weighted by molar-refractivity contribution is 0.657. The predicted molar refractivity (Wildman–Crippen MR) is 79.9 cm³/mol. The normalized spacial score (nSPS) is 13.8. The molecule has 0 saturated heterocycles. The third-order valence-electron chi connectivity index (χ3n) is 2.84. The molecule has 0 aromatic rings. The SMILES string of the molecule is C=C(CCCCC)C(CCCC)[Si](Cl)(Cl)Cl. The molecule has 0 spiro atoms. The molecular weight excluding hydrogens is 279 g/mol. The zero-order valence-electron chi connectivity index (χ0n) is 10.4. The second kappa shape index (κ2) is 8.85. The van der Waals surface area contributed by atoms with E-state index in [9.17, 15) is 0 Å². The molecule has 96 valence electrons.